The first-order chi connectivity index (χ1) is 35.2. The van der Waals surface area contributed by atoms with Gasteiger partial charge in [0, 0.05) is 21.9 Å². The van der Waals surface area contributed by atoms with Gasteiger partial charge < -0.3 is 4.42 Å². The molecular formula is C70H42O. The standard InChI is InChI=1S/C70H42O/c1-2-17-46-40-49(39-34-43(46)16-1)66-51-21-3-5-23-53(51)67(54-24-6-4-22-52(54)66)59-29-13-18-44-35-37-47(41-63(44)59)48-38-36-45-19-14-30-60(64(45)42-48)68-55-25-7-9-27-57(55)69(58-28-10-8-26-56(58)68)62-32-15-31-61-50-20-11-12-33-65(50)71-70(61)62/h1-42H. The Labute approximate surface area is 410 Å². The Balaban J connectivity index is 0.925. The summed E-state index contributed by atoms with van der Waals surface area (Å²) in [5, 5.41) is 19.5. The van der Waals surface area contributed by atoms with E-state index in [2.05, 4.69) is 249 Å². The molecule has 15 aromatic rings. The lowest BCUT2D eigenvalue weighted by Gasteiger charge is -2.20. The molecule has 0 N–H and O–H groups in total. The molecule has 0 aliphatic rings. The third-order valence-electron chi connectivity index (χ3n) is 15.2. The second-order valence-electron chi connectivity index (χ2n) is 19.0. The van der Waals surface area contributed by atoms with Crippen LogP contribution in [-0.4, -0.2) is 0 Å². The Morgan fingerprint density at radius 1 is 0.197 bits per heavy atom. The highest BCUT2D eigenvalue weighted by molar-refractivity contribution is 6.27. The maximum atomic E-state index is 6.69. The third-order valence-corrected chi connectivity index (χ3v) is 15.2. The Bertz CT molecular complexity index is 4590. The quantitative estimate of drug-likeness (QED) is 0.157. The van der Waals surface area contributed by atoms with Crippen molar-refractivity contribution in [1.82, 2.24) is 0 Å². The Morgan fingerprint density at radius 3 is 1.10 bits per heavy atom. The maximum Gasteiger partial charge on any atom is 0.143 e. The van der Waals surface area contributed by atoms with Gasteiger partial charge in [-0.25, -0.2) is 0 Å². The third kappa shape index (κ3) is 6.07. The first-order valence-corrected chi connectivity index (χ1v) is 24.6. The van der Waals surface area contributed by atoms with Crippen LogP contribution in [0.2, 0.25) is 0 Å². The van der Waals surface area contributed by atoms with E-state index in [1.54, 1.807) is 0 Å². The first-order valence-electron chi connectivity index (χ1n) is 24.6. The zero-order valence-corrected chi connectivity index (χ0v) is 38.7. The molecule has 1 aromatic heterocycles. The van der Waals surface area contributed by atoms with Crippen molar-refractivity contribution < 1.29 is 4.42 Å². The topological polar surface area (TPSA) is 13.1 Å². The van der Waals surface area contributed by atoms with E-state index in [1.165, 1.54) is 125 Å². The number of fused-ring (bicyclic) bond motifs is 10. The second kappa shape index (κ2) is 15.6. The van der Waals surface area contributed by atoms with Gasteiger partial charge in [-0.2, -0.15) is 0 Å². The molecule has 14 aromatic carbocycles. The zero-order chi connectivity index (χ0) is 46.6. The summed E-state index contributed by atoms with van der Waals surface area (Å²) in [7, 11) is 0. The molecule has 0 atom stereocenters. The number of para-hydroxylation sites is 2. The smallest absolute Gasteiger partial charge is 0.143 e. The average molecular weight is 899 g/mol. The van der Waals surface area contributed by atoms with Crippen molar-refractivity contribution in [3.63, 3.8) is 0 Å². The molecule has 15 rings (SSSR count). The van der Waals surface area contributed by atoms with Gasteiger partial charge in [0.2, 0.25) is 0 Å². The lowest BCUT2D eigenvalue weighted by atomic mass is 9.83. The normalized spacial score (nSPS) is 11.9. The highest BCUT2D eigenvalue weighted by atomic mass is 16.3. The molecule has 1 heteroatoms. The van der Waals surface area contributed by atoms with E-state index in [0.717, 1.165) is 27.5 Å². The van der Waals surface area contributed by atoms with Crippen LogP contribution in [0.25, 0.3) is 153 Å². The molecular weight excluding hydrogens is 857 g/mol. The number of hydrogen-bond donors (Lipinski definition) is 0. The van der Waals surface area contributed by atoms with Crippen LogP contribution in [0.1, 0.15) is 0 Å². The Hall–Kier alpha value is -9.30. The van der Waals surface area contributed by atoms with Crippen LogP contribution in [0.5, 0.6) is 0 Å². The van der Waals surface area contributed by atoms with Crippen molar-refractivity contribution in [2.75, 3.05) is 0 Å². The van der Waals surface area contributed by atoms with Gasteiger partial charge in [0.1, 0.15) is 11.2 Å². The summed E-state index contributed by atoms with van der Waals surface area (Å²) in [6.07, 6.45) is 0. The van der Waals surface area contributed by atoms with Crippen LogP contribution in [0.4, 0.5) is 0 Å². The van der Waals surface area contributed by atoms with Crippen LogP contribution < -0.4 is 0 Å². The van der Waals surface area contributed by atoms with Crippen molar-refractivity contribution in [1.29, 1.82) is 0 Å². The van der Waals surface area contributed by atoms with E-state index in [0.29, 0.717) is 0 Å². The predicted molar refractivity (Wildman–Crippen MR) is 303 cm³/mol. The molecule has 0 unspecified atom stereocenters. The fraction of sp³-hybridized carbons (Fsp3) is 0. The van der Waals surface area contributed by atoms with Gasteiger partial charge in [-0.1, -0.05) is 231 Å². The van der Waals surface area contributed by atoms with E-state index in [4.69, 9.17) is 4.42 Å². The van der Waals surface area contributed by atoms with Gasteiger partial charge >= 0.3 is 0 Å². The Morgan fingerprint density at radius 2 is 0.563 bits per heavy atom. The van der Waals surface area contributed by atoms with Crippen molar-refractivity contribution in [2.24, 2.45) is 0 Å². The highest BCUT2D eigenvalue weighted by Gasteiger charge is 2.22. The molecule has 0 radical (unpaired) electrons. The predicted octanol–water partition coefficient (Wildman–Crippen LogP) is 20.0. The lowest BCUT2D eigenvalue weighted by Crippen LogP contribution is -1.92. The summed E-state index contributed by atoms with van der Waals surface area (Å²) in [6, 6.07) is 94.0. The van der Waals surface area contributed by atoms with Crippen molar-refractivity contribution in [3.05, 3.63) is 255 Å². The summed E-state index contributed by atoms with van der Waals surface area (Å²) in [4.78, 5) is 0. The lowest BCUT2D eigenvalue weighted by molar-refractivity contribution is 0.670. The SMILES string of the molecule is c1ccc2cc(-c3c4ccccc4c(-c4cccc5ccc(-c6ccc7cccc(-c8c9ccccc9c(-c9cccc%10c9oc9ccccc9%10)c9ccccc89)c7c6)cc45)c4ccccc34)ccc2c1. The van der Waals surface area contributed by atoms with E-state index >= 15 is 0 Å². The van der Waals surface area contributed by atoms with Crippen molar-refractivity contribution >= 4 is 97.3 Å². The van der Waals surface area contributed by atoms with E-state index < -0.39 is 0 Å². The molecule has 1 nitrogen and oxygen atoms in total. The number of furan rings is 1. The first kappa shape index (κ1) is 39.7. The van der Waals surface area contributed by atoms with Crippen LogP contribution in [0, 0.1) is 0 Å². The van der Waals surface area contributed by atoms with E-state index in [1.807, 2.05) is 6.07 Å². The molecule has 71 heavy (non-hydrogen) atoms. The van der Waals surface area contributed by atoms with Crippen LogP contribution in [0.3, 0.4) is 0 Å². The molecule has 0 bridgehead atoms. The number of hydrogen-bond acceptors (Lipinski definition) is 1. The van der Waals surface area contributed by atoms with Crippen LogP contribution in [0.15, 0.2) is 259 Å². The number of benzene rings is 14. The summed E-state index contributed by atoms with van der Waals surface area (Å²) in [5.41, 5.74) is 14.0. The molecule has 0 saturated heterocycles. The van der Waals surface area contributed by atoms with Gasteiger partial charge in [0.15, 0.2) is 0 Å². The summed E-state index contributed by atoms with van der Waals surface area (Å²) in [6.45, 7) is 0. The van der Waals surface area contributed by atoms with Crippen molar-refractivity contribution in [3.8, 4) is 55.6 Å². The van der Waals surface area contributed by atoms with Crippen LogP contribution >= 0.6 is 0 Å². The largest absolute Gasteiger partial charge is 0.455 e. The van der Waals surface area contributed by atoms with Gasteiger partial charge in [-0.05, 0) is 144 Å². The molecule has 0 spiro atoms. The Kier molecular flexibility index (Phi) is 8.73. The monoisotopic (exact) mass is 898 g/mol. The fourth-order valence-electron chi connectivity index (χ4n) is 12.1. The summed E-state index contributed by atoms with van der Waals surface area (Å²) in [5.74, 6) is 0. The molecule has 0 amide bonds. The molecule has 1 heterocycles. The van der Waals surface area contributed by atoms with Crippen molar-refractivity contribution in [2.45, 2.75) is 0 Å². The zero-order valence-electron chi connectivity index (χ0n) is 38.7. The summed E-state index contributed by atoms with van der Waals surface area (Å²) >= 11 is 0. The second-order valence-corrected chi connectivity index (χ2v) is 19.0. The molecule has 0 saturated carbocycles. The van der Waals surface area contributed by atoms with Gasteiger partial charge in [0.25, 0.3) is 0 Å². The summed E-state index contributed by atoms with van der Waals surface area (Å²) < 4.78 is 6.69. The minimum Gasteiger partial charge on any atom is -0.455 e. The number of rotatable bonds is 5. The maximum absolute atomic E-state index is 6.69. The molecule has 0 aliphatic carbocycles. The van der Waals surface area contributed by atoms with Gasteiger partial charge in [-0.15, -0.1) is 0 Å². The molecule has 0 aliphatic heterocycles. The minimum absolute atomic E-state index is 0.905. The van der Waals surface area contributed by atoms with Gasteiger partial charge in [0.05, 0.1) is 0 Å². The molecule has 0 fully saturated rings. The van der Waals surface area contributed by atoms with E-state index in [-0.39, 0.29) is 0 Å². The average Bonchev–Trinajstić information content (AvgIpc) is 3.82. The van der Waals surface area contributed by atoms with Crippen LogP contribution in [-0.2, 0) is 0 Å². The van der Waals surface area contributed by atoms with Gasteiger partial charge in [-0.3, -0.25) is 0 Å². The van der Waals surface area contributed by atoms with E-state index in [9.17, 15) is 0 Å². The highest BCUT2D eigenvalue weighted by Crippen LogP contribution is 2.49. The molecule has 328 valence electrons. The minimum atomic E-state index is 0.905. The fourth-order valence-corrected chi connectivity index (χ4v) is 12.1.